The van der Waals surface area contributed by atoms with Crippen LogP contribution in [-0.4, -0.2) is 33.9 Å². The molecule has 1 aliphatic heterocycles. The zero-order valence-corrected chi connectivity index (χ0v) is 11.3. The van der Waals surface area contributed by atoms with Gasteiger partial charge in [-0.3, -0.25) is 0 Å². The highest BCUT2D eigenvalue weighted by molar-refractivity contribution is 5.63. The van der Waals surface area contributed by atoms with Gasteiger partial charge in [-0.2, -0.15) is 5.26 Å². The van der Waals surface area contributed by atoms with Crippen molar-refractivity contribution in [1.82, 2.24) is 0 Å². The molecule has 1 aliphatic rings. The lowest BCUT2D eigenvalue weighted by molar-refractivity contribution is 0.222. The van der Waals surface area contributed by atoms with E-state index >= 15 is 0 Å². The van der Waals surface area contributed by atoms with Gasteiger partial charge in [0.05, 0.1) is 25.0 Å². The van der Waals surface area contributed by atoms with Crippen molar-refractivity contribution in [3.05, 3.63) is 35.4 Å². The summed E-state index contributed by atoms with van der Waals surface area (Å²) in [7, 11) is 3.35. The number of ether oxygens (including phenoxy) is 2. The third-order valence-corrected chi connectivity index (χ3v) is 3.30. The third-order valence-electron chi connectivity index (χ3n) is 3.30. The molecule has 2 rings (SSSR count). The van der Waals surface area contributed by atoms with Gasteiger partial charge in [0.1, 0.15) is 11.8 Å². The molecule has 0 bridgehead atoms. The molecule has 0 unspecified atom stereocenters. The Kier molecular flexibility index (Phi) is 4.43. The molecule has 0 atom stereocenters. The fourth-order valence-electron chi connectivity index (χ4n) is 2.24. The lowest BCUT2D eigenvalue weighted by Gasteiger charge is -2.29. The Morgan fingerprint density at radius 3 is 2.79 bits per heavy atom. The molecule has 0 amide bonds. The van der Waals surface area contributed by atoms with Crippen LogP contribution in [0.3, 0.4) is 0 Å². The molecule has 0 N–H and O–H groups in total. The summed E-state index contributed by atoms with van der Waals surface area (Å²) in [5.41, 5.74) is 2.94. The maximum absolute atomic E-state index is 9.20. The smallest absolute Gasteiger partial charge is 0.121 e. The van der Waals surface area contributed by atoms with Crippen LogP contribution in [0.25, 0.3) is 0 Å². The molecule has 100 valence electrons. The number of benzene rings is 1. The monoisotopic (exact) mass is 258 g/mol. The van der Waals surface area contributed by atoms with Gasteiger partial charge in [0.2, 0.25) is 0 Å². The van der Waals surface area contributed by atoms with Crippen LogP contribution in [0.15, 0.2) is 29.8 Å². The molecule has 0 radical (unpaired) electrons. The third kappa shape index (κ3) is 3.07. The van der Waals surface area contributed by atoms with Gasteiger partial charge in [0.15, 0.2) is 0 Å². The number of rotatable bonds is 4. The lowest BCUT2D eigenvalue weighted by Crippen LogP contribution is -2.29. The Morgan fingerprint density at radius 1 is 1.37 bits per heavy atom. The number of hydrogen-bond acceptors (Lipinski definition) is 4. The Bertz CT molecular complexity index is 517. The van der Waals surface area contributed by atoms with Crippen LogP contribution in [0.4, 0.5) is 5.69 Å². The van der Waals surface area contributed by atoms with Crippen LogP contribution in [0, 0.1) is 11.3 Å². The van der Waals surface area contributed by atoms with E-state index in [0.717, 1.165) is 30.9 Å². The standard InChI is InChI=1S/C15H18N2O2/c1-18-11-12-5-7-17(8-6-12)15-9-14(19-2)4-3-13(15)10-16/h3-5,9H,6-8,11H2,1-2H3. The predicted molar refractivity (Wildman–Crippen MR) is 74.5 cm³/mol. The minimum Gasteiger partial charge on any atom is -0.497 e. The Labute approximate surface area is 113 Å². The Hall–Kier alpha value is -1.99. The highest BCUT2D eigenvalue weighted by atomic mass is 16.5. The minimum atomic E-state index is 0.685. The number of nitriles is 1. The summed E-state index contributed by atoms with van der Waals surface area (Å²) < 4.78 is 10.4. The van der Waals surface area contributed by atoms with Crippen LogP contribution in [-0.2, 0) is 4.74 Å². The highest BCUT2D eigenvalue weighted by Crippen LogP contribution is 2.27. The molecule has 1 heterocycles. The van der Waals surface area contributed by atoms with Gasteiger partial charge in [-0.15, -0.1) is 0 Å². The van der Waals surface area contributed by atoms with Gasteiger partial charge in [-0.1, -0.05) is 6.08 Å². The molecule has 0 saturated heterocycles. The molecule has 0 aromatic heterocycles. The molecule has 0 aliphatic carbocycles. The second-order valence-electron chi connectivity index (χ2n) is 4.49. The van der Waals surface area contributed by atoms with E-state index < -0.39 is 0 Å². The van der Waals surface area contributed by atoms with Crippen molar-refractivity contribution < 1.29 is 9.47 Å². The van der Waals surface area contributed by atoms with E-state index in [0.29, 0.717) is 12.2 Å². The van der Waals surface area contributed by atoms with Crippen molar-refractivity contribution in [3.63, 3.8) is 0 Å². The summed E-state index contributed by atoms with van der Waals surface area (Å²) in [5.74, 6) is 0.778. The number of methoxy groups -OCH3 is 2. The van der Waals surface area contributed by atoms with Crippen molar-refractivity contribution >= 4 is 5.69 Å². The van der Waals surface area contributed by atoms with Crippen LogP contribution < -0.4 is 9.64 Å². The molecule has 1 aromatic rings. The molecule has 0 fully saturated rings. The van der Waals surface area contributed by atoms with Crippen molar-refractivity contribution in [2.45, 2.75) is 6.42 Å². The zero-order valence-electron chi connectivity index (χ0n) is 11.3. The number of hydrogen-bond donors (Lipinski definition) is 0. The van der Waals surface area contributed by atoms with E-state index in [-0.39, 0.29) is 0 Å². The maximum atomic E-state index is 9.20. The van der Waals surface area contributed by atoms with E-state index in [9.17, 15) is 5.26 Å². The van der Waals surface area contributed by atoms with E-state index in [4.69, 9.17) is 9.47 Å². The fraction of sp³-hybridized carbons (Fsp3) is 0.400. The van der Waals surface area contributed by atoms with Gasteiger partial charge in [0, 0.05) is 26.3 Å². The van der Waals surface area contributed by atoms with Gasteiger partial charge in [-0.25, -0.2) is 0 Å². The topological polar surface area (TPSA) is 45.5 Å². The zero-order chi connectivity index (χ0) is 13.7. The van der Waals surface area contributed by atoms with Gasteiger partial charge in [0.25, 0.3) is 0 Å². The SMILES string of the molecule is COCC1=CCN(c2cc(OC)ccc2C#N)CC1. The van der Waals surface area contributed by atoms with Crippen molar-refractivity contribution in [2.24, 2.45) is 0 Å². The first kappa shape index (κ1) is 13.4. The second kappa shape index (κ2) is 6.26. The molecule has 4 heteroatoms. The van der Waals surface area contributed by atoms with Crippen LogP contribution in [0.1, 0.15) is 12.0 Å². The normalized spacial score (nSPS) is 14.8. The van der Waals surface area contributed by atoms with Crippen molar-refractivity contribution in [2.75, 3.05) is 38.8 Å². The first-order valence-corrected chi connectivity index (χ1v) is 6.28. The lowest BCUT2D eigenvalue weighted by atomic mass is 10.1. The molecule has 4 nitrogen and oxygen atoms in total. The van der Waals surface area contributed by atoms with E-state index in [1.807, 2.05) is 18.2 Å². The summed E-state index contributed by atoms with van der Waals surface area (Å²) in [6, 6.07) is 7.79. The first-order chi connectivity index (χ1) is 9.28. The van der Waals surface area contributed by atoms with Gasteiger partial charge >= 0.3 is 0 Å². The summed E-state index contributed by atoms with van der Waals surface area (Å²) in [6.45, 7) is 2.40. The second-order valence-corrected chi connectivity index (χ2v) is 4.49. The van der Waals surface area contributed by atoms with Crippen LogP contribution in [0.5, 0.6) is 5.75 Å². The number of anilines is 1. The Morgan fingerprint density at radius 2 is 2.21 bits per heavy atom. The van der Waals surface area contributed by atoms with Crippen molar-refractivity contribution in [1.29, 1.82) is 5.26 Å². The summed E-state index contributed by atoms with van der Waals surface area (Å²) in [5, 5.41) is 9.20. The van der Waals surface area contributed by atoms with E-state index in [1.54, 1.807) is 14.2 Å². The fourth-order valence-corrected chi connectivity index (χ4v) is 2.24. The quantitative estimate of drug-likeness (QED) is 0.778. The van der Waals surface area contributed by atoms with E-state index in [2.05, 4.69) is 17.0 Å². The largest absolute Gasteiger partial charge is 0.497 e. The Balaban J connectivity index is 2.21. The predicted octanol–water partition coefficient (Wildman–Crippen LogP) is 2.35. The molecule has 0 saturated carbocycles. The molecular formula is C15H18N2O2. The highest BCUT2D eigenvalue weighted by Gasteiger charge is 2.16. The van der Waals surface area contributed by atoms with Crippen LogP contribution >= 0.6 is 0 Å². The van der Waals surface area contributed by atoms with E-state index in [1.165, 1.54) is 5.57 Å². The number of nitrogens with zero attached hydrogens (tertiary/aromatic N) is 2. The summed E-state index contributed by atoms with van der Waals surface area (Å²) in [6.07, 6.45) is 3.14. The van der Waals surface area contributed by atoms with Crippen molar-refractivity contribution in [3.8, 4) is 11.8 Å². The van der Waals surface area contributed by atoms with Crippen LogP contribution in [0.2, 0.25) is 0 Å². The van der Waals surface area contributed by atoms with Gasteiger partial charge in [-0.05, 0) is 24.1 Å². The first-order valence-electron chi connectivity index (χ1n) is 6.28. The van der Waals surface area contributed by atoms with Gasteiger partial charge < -0.3 is 14.4 Å². The average Bonchev–Trinajstić information content (AvgIpc) is 2.47. The average molecular weight is 258 g/mol. The summed E-state index contributed by atoms with van der Waals surface area (Å²) >= 11 is 0. The molecule has 19 heavy (non-hydrogen) atoms. The molecular weight excluding hydrogens is 240 g/mol. The summed E-state index contributed by atoms with van der Waals surface area (Å²) in [4.78, 5) is 2.19. The molecule has 1 aromatic carbocycles. The molecule has 0 spiro atoms. The minimum absolute atomic E-state index is 0.685. The maximum Gasteiger partial charge on any atom is 0.121 e.